The minimum Gasteiger partial charge on any atom is -0.360 e. The fourth-order valence-corrected chi connectivity index (χ4v) is 5.49. The Morgan fingerprint density at radius 3 is 2.87 bits per heavy atom. The number of imidazole rings is 1. The predicted octanol–water partition coefficient (Wildman–Crippen LogP) is 6.75. The fourth-order valence-electron chi connectivity index (χ4n) is 5.08. The van der Waals surface area contributed by atoms with E-state index in [1.807, 2.05) is 48.4 Å². The highest BCUT2D eigenvalue weighted by Crippen LogP contribution is 2.35. The lowest BCUT2D eigenvalue weighted by molar-refractivity contribution is 0.0611. The molecule has 38 heavy (non-hydrogen) atoms. The Hall–Kier alpha value is -3.75. The van der Waals surface area contributed by atoms with E-state index >= 15 is 0 Å². The van der Waals surface area contributed by atoms with Gasteiger partial charge >= 0.3 is 0 Å². The number of carbonyl (C=O) groups is 1. The van der Waals surface area contributed by atoms with Crippen molar-refractivity contribution in [1.82, 2.24) is 29.8 Å². The summed E-state index contributed by atoms with van der Waals surface area (Å²) in [6, 6.07) is 12.8. The van der Waals surface area contributed by atoms with Crippen molar-refractivity contribution < 1.29 is 4.79 Å². The Morgan fingerprint density at radius 1 is 1.13 bits per heavy atom. The first-order valence-corrected chi connectivity index (χ1v) is 13.3. The van der Waals surface area contributed by atoms with E-state index in [2.05, 4.69) is 30.2 Å². The number of hydrogen-bond donors (Lipinski definition) is 2. The average Bonchev–Trinajstić information content (AvgIpc) is 3.37. The van der Waals surface area contributed by atoms with Crippen LogP contribution in [0.15, 0.2) is 61.2 Å². The molecule has 5 aromatic rings. The van der Waals surface area contributed by atoms with Gasteiger partial charge < -0.3 is 15.2 Å². The number of fused-ring (bicyclic) bond motifs is 2. The molecule has 2 N–H and O–H groups in total. The molecule has 6 rings (SSSR count). The second kappa shape index (κ2) is 10.2. The molecule has 1 amide bonds. The number of H-pyrrole nitrogens is 1. The lowest BCUT2D eigenvalue weighted by Crippen LogP contribution is -2.38. The number of aromatic nitrogens is 5. The molecule has 10 heteroatoms. The van der Waals surface area contributed by atoms with E-state index in [0.717, 1.165) is 47.1 Å². The van der Waals surface area contributed by atoms with E-state index in [-0.39, 0.29) is 18.0 Å². The van der Waals surface area contributed by atoms with E-state index in [0.29, 0.717) is 33.5 Å². The van der Waals surface area contributed by atoms with E-state index in [9.17, 15) is 4.79 Å². The largest absolute Gasteiger partial charge is 0.360 e. The number of benzene rings is 2. The first kappa shape index (κ1) is 24.6. The number of halogens is 2. The number of aromatic amines is 1. The van der Waals surface area contributed by atoms with Crippen LogP contribution in [-0.2, 0) is 0 Å². The SMILES string of the molecule is C[C@H](Nc1ncnc2cc(C(=O)N3CCCC[C@H]3c3cccnc3)c(Cl)cc12)c1nc2cc(Cl)ccc2[nH]1. The molecule has 1 fully saturated rings. The minimum atomic E-state index is -0.187. The Bertz CT molecular complexity index is 1640. The summed E-state index contributed by atoms with van der Waals surface area (Å²) in [6.07, 6.45) is 7.97. The van der Waals surface area contributed by atoms with Gasteiger partial charge in [0.2, 0.25) is 0 Å². The number of hydrogen-bond acceptors (Lipinski definition) is 6. The van der Waals surface area contributed by atoms with Crippen LogP contribution in [0.25, 0.3) is 21.9 Å². The van der Waals surface area contributed by atoms with Crippen molar-refractivity contribution in [3.05, 3.63) is 88.2 Å². The van der Waals surface area contributed by atoms with Crippen molar-refractivity contribution >= 4 is 56.9 Å². The van der Waals surface area contributed by atoms with Crippen LogP contribution < -0.4 is 5.32 Å². The second-order valence-corrected chi connectivity index (χ2v) is 10.4. The van der Waals surface area contributed by atoms with E-state index in [1.54, 1.807) is 18.3 Å². The Kier molecular flexibility index (Phi) is 6.59. The molecule has 3 aromatic heterocycles. The predicted molar refractivity (Wildman–Crippen MR) is 150 cm³/mol. The van der Waals surface area contributed by atoms with E-state index < -0.39 is 0 Å². The van der Waals surface area contributed by atoms with Crippen molar-refractivity contribution in [2.45, 2.75) is 38.3 Å². The number of amides is 1. The highest BCUT2D eigenvalue weighted by molar-refractivity contribution is 6.35. The number of carbonyl (C=O) groups excluding carboxylic acids is 1. The maximum atomic E-state index is 13.7. The maximum Gasteiger partial charge on any atom is 0.255 e. The normalized spacial score (nSPS) is 16.6. The van der Waals surface area contributed by atoms with Gasteiger partial charge in [0.05, 0.1) is 39.2 Å². The van der Waals surface area contributed by atoms with Crippen LogP contribution in [0.1, 0.15) is 60.0 Å². The van der Waals surface area contributed by atoms with Gasteiger partial charge in [-0.2, -0.15) is 0 Å². The summed E-state index contributed by atoms with van der Waals surface area (Å²) < 4.78 is 0. The molecule has 4 heterocycles. The molecule has 0 radical (unpaired) electrons. The third kappa shape index (κ3) is 4.66. The van der Waals surface area contributed by atoms with Gasteiger partial charge in [0, 0.05) is 29.3 Å². The quantitative estimate of drug-likeness (QED) is 0.253. The topological polar surface area (TPSA) is 99.7 Å². The van der Waals surface area contributed by atoms with Crippen LogP contribution in [0.5, 0.6) is 0 Å². The van der Waals surface area contributed by atoms with E-state index in [4.69, 9.17) is 23.2 Å². The molecule has 0 unspecified atom stereocenters. The number of pyridine rings is 1. The molecule has 0 aliphatic carbocycles. The first-order chi connectivity index (χ1) is 18.5. The standard InChI is InChI=1S/C28H25Cl2N7O/c1-16(26-35-22-8-7-18(29)11-24(22)36-26)34-27-20-12-21(30)19(13-23(20)32-15-33-27)28(38)37-10-3-2-6-25(37)17-5-4-9-31-14-17/h4-5,7-9,11-16,25H,2-3,6,10H2,1H3,(H,35,36)(H,32,33,34)/t16-,25-/m0/s1. The average molecular weight is 546 g/mol. The number of likely N-dealkylation sites (tertiary alicyclic amines) is 1. The summed E-state index contributed by atoms with van der Waals surface area (Å²) in [5, 5.41) is 5.13. The van der Waals surface area contributed by atoms with Crippen LogP contribution in [-0.4, -0.2) is 42.3 Å². The molecular weight excluding hydrogens is 521 g/mol. The maximum absolute atomic E-state index is 13.7. The smallest absolute Gasteiger partial charge is 0.255 e. The highest BCUT2D eigenvalue weighted by Gasteiger charge is 2.30. The van der Waals surface area contributed by atoms with Crippen LogP contribution >= 0.6 is 23.2 Å². The zero-order chi connectivity index (χ0) is 26.2. The number of anilines is 1. The summed E-state index contributed by atoms with van der Waals surface area (Å²) >= 11 is 12.8. The van der Waals surface area contributed by atoms with Crippen molar-refractivity contribution in [1.29, 1.82) is 0 Å². The molecular formula is C28H25Cl2N7O. The zero-order valence-electron chi connectivity index (χ0n) is 20.7. The van der Waals surface area contributed by atoms with E-state index in [1.165, 1.54) is 6.33 Å². The van der Waals surface area contributed by atoms with Gasteiger partial charge in [-0.05, 0) is 68.1 Å². The molecule has 0 saturated carbocycles. The van der Waals surface area contributed by atoms with Gasteiger partial charge in [-0.3, -0.25) is 9.78 Å². The first-order valence-electron chi connectivity index (χ1n) is 12.5. The van der Waals surface area contributed by atoms with Crippen molar-refractivity contribution in [2.75, 3.05) is 11.9 Å². The van der Waals surface area contributed by atoms with Crippen LogP contribution in [0.4, 0.5) is 5.82 Å². The van der Waals surface area contributed by atoms with Gasteiger partial charge in [0.15, 0.2) is 0 Å². The Labute approximate surface area is 229 Å². The summed E-state index contributed by atoms with van der Waals surface area (Å²) in [5.41, 5.74) is 3.80. The highest BCUT2D eigenvalue weighted by atomic mass is 35.5. The third-order valence-electron chi connectivity index (χ3n) is 7.01. The minimum absolute atomic E-state index is 0.0288. The Balaban J connectivity index is 1.30. The van der Waals surface area contributed by atoms with Crippen LogP contribution in [0.2, 0.25) is 10.0 Å². The second-order valence-electron chi connectivity index (χ2n) is 9.52. The summed E-state index contributed by atoms with van der Waals surface area (Å²) in [4.78, 5) is 36.8. The van der Waals surface area contributed by atoms with Gasteiger partial charge in [0.25, 0.3) is 5.91 Å². The molecule has 2 atom stereocenters. The van der Waals surface area contributed by atoms with Crippen LogP contribution in [0.3, 0.4) is 0 Å². The molecule has 1 saturated heterocycles. The molecule has 192 valence electrons. The van der Waals surface area contributed by atoms with Crippen molar-refractivity contribution in [2.24, 2.45) is 0 Å². The molecule has 0 spiro atoms. The van der Waals surface area contributed by atoms with Crippen molar-refractivity contribution in [3.8, 4) is 0 Å². The van der Waals surface area contributed by atoms with Crippen molar-refractivity contribution in [3.63, 3.8) is 0 Å². The molecule has 2 aromatic carbocycles. The number of rotatable bonds is 5. The lowest BCUT2D eigenvalue weighted by atomic mass is 9.95. The van der Waals surface area contributed by atoms with Gasteiger partial charge in [-0.1, -0.05) is 29.3 Å². The number of piperidine rings is 1. The molecule has 8 nitrogen and oxygen atoms in total. The lowest BCUT2D eigenvalue weighted by Gasteiger charge is -2.36. The Morgan fingerprint density at radius 2 is 2.03 bits per heavy atom. The van der Waals surface area contributed by atoms with Gasteiger partial charge in [-0.25, -0.2) is 15.0 Å². The van der Waals surface area contributed by atoms with Crippen LogP contribution in [0, 0.1) is 0 Å². The summed E-state index contributed by atoms with van der Waals surface area (Å²) in [6.45, 7) is 2.66. The molecule has 0 bridgehead atoms. The number of nitrogens with one attached hydrogen (secondary N) is 2. The third-order valence-corrected chi connectivity index (χ3v) is 7.56. The monoisotopic (exact) mass is 545 g/mol. The summed E-state index contributed by atoms with van der Waals surface area (Å²) in [7, 11) is 0. The van der Waals surface area contributed by atoms with Gasteiger partial charge in [0.1, 0.15) is 18.0 Å². The molecule has 1 aliphatic heterocycles. The molecule has 1 aliphatic rings. The summed E-state index contributed by atoms with van der Waals surface area (Å²) in [5.74, 6) is 1.25. The fraction of sp³-hybridized carbons (Fsp3) is 0.250. The van der Waals surface area contributed by atoms with Gasteiger partial charge in [-0.15, -0.1) is 0 Å². The number of nitrogens with zero attached hydrogens (tertiary/aromatic N) is 5. The zero-order valence-corrected chi connectivity index (χ0v) is 22.2.